The van der Waals surface area contributed by atoms with Crippen molar-refractivity contribution in [3.05, 3.63) is 0 Å². The molecule has 0 saturated heterocycles. The Bertz CT molecular complexity index is 162. The zero-order chi connectivity index (χ0) is 11.0. The van der Waals surface area contributed by atoms with E-state index < -0.39 is 11.4 Å². The number of carboxylic acid groups (broad SMARTS) is 1. The molecule has 0 heterocycles. The molecule has 3 heteroatoms. The van der Waals surface area contributed by atoms with Crippen LogP contribution in [-0.2, 0) is 9.53 Å². The van der Waals surface area contributed by atoms with E-state index in [4.69, 9.17) is 9.84 Å². The lowest BCUT2D eigenvalue weighted by Gasteiger charge is -2.26. The quantitative estimate of drug-likeness (QED) is 0.615. The van der Waals surface area contributed by atoms with Crippen molar-refractivity contribution >= 4 is 5.97 Å². The summed E-state index contributed by atoms with van der Waals surface area (Å²) >= 11 is 0. The average molecular weight is 202 g/mol. The standard InChI is InChI=1S/C11H22O3/c1-4-8-14-9-7-11(5-2,6-3)10(12)13/h4-9H2,1-3H3,(H,12,13). The van der Waals surface area contributed by atoms with E-state index >= 15 is 0 Å². The second-order valence-electron chi connectivity index (χ2n) is 3.65. The molecule has 0 aromatic carbocycles. The molecule has 0 aliphatic heterocycles. The van der Waals surface area contributed by atoms with Crippen LogP contribution >= 0.6 is 0 Å². The van der Waals surface area contributed by atoms with E-state index in [2.05, 4.69) is 0 Å². The van der Waals surface area contributed by atoms with Crippen LogP contribution in [0, 0.1) is 5.41 Å². The van der Waals surface area contributed by atoms with Crippen LogP contribution in [0.2, 0.25) is 0 Å². The number of hydrogen-bond donors (Lipinski definition) is 1. The van der Waals surface area contributed by atoms with E-state index in [9.17, 15) is 4.79 Å². The van der Waals surface area contributed by atoms with E-state index in [1.807, 2.05) is 20.8 Å². The molecule has 0 rings (SSSR count). The number of rotatable bonds is 8. The van der Waals surface area contributed by atoms with E-state index in [-0.39, 0.29) is 0 Å². The van der Waals surface area contributed by atoms with Crippen molar-refractivity contribution in [3.63, 3.8) is 0 Å². The van der Waals surface area contributed by atoms with Crippen molar-refractivity contribution in [2.75, 3.05) is 13.2 Å². The maximum Gasteiger partial charge on any atom is 0.309 e. The molecule has 0 aliphatic carbocycles. The Morgan fingerprint density at radius 1 is 1.21 bits per heavy atom. The van der Waals surface area contributed by atoms with Crippen molar-refractivity contribution in [2.45, 2.75) is 46.5 Å². The number of aliphatic carboxylic acids is 1. The highest BCUT2D eigenvalue weighted by atomic mass is 16.5. The molecule has 0 bridgehead atoms. The molecular formula is C11H22O3. The van der Waals surface area contributed by atoms with Crippen LogP contribution in [-0.4, -0.2) is 24.3 Å². The molecule has 14 heavy (non-hydrogen) atoms. The zero-order valence-corrected chi connectivity index (χ0v) is 9.51. The molecule has 0 aromatic rings. The number of carbonyl (C=O) groups is 1. The largest absolute Gasteiger partial charge is 0.481 e. The third-order valence-electron chi connectivity index (χ3n) is 2.88. The van der Waals surface area contributed by atoms with Crippen molar-refractivity contribution in [1.29, 1.82) is 0 Å². The molecule has 0 radical (unpaired) electrons. The highest BCUT2D eigenvalue weighted by Gasteiger charge is 2.34. The predicted octanol–water partition coefficient (Wildman–Crippen LogP) is 2.69. The summed E-state index contributed by atoms with van der Waals surface area (Å²) < 4.78 is 5.33. The summed E-state index contributed by atoms with van der Waals surface area (Å²) in [6, 6.07) is 0. The Kier molecular flexibility index (Phi) is 6.54. The van der Waals surface area contributed by atoms with Crippen molar-refractivity contribution < 1.29 is 14.6 Å². The SMILES string of the molecule is CCCOCCC(CC)(CC)C(=O)O. The van der Waals surface area contributed by atoms with Crippen LogP contribution in [0.5, 0.6) is 0 Å². The number of hydrogen-bond acceptors (Lipinski definition) is 2. The minimum absolute atomic E-state index is 0.557. The van der Waals surface area contributed by atoms with Gasteiger partial charge in [-0.3, -0.25) is 4.79 Å². The molecule has 0 spiro atoms. The molecular weight excluding hydrogens is 180 g/mol. The van der Waals surface area contributed by atoms with Crippen LogP contribution in [0.15, 0.2) is 0 Å². The normalized spacial score (nSPS) is 11.6. The van der Waals surface area contributed by atoms with Crippen molar-refractivity contribution in [3.8, 4) is 0 Å². The first-order chi connectivity index (χ1) is 6.63. The summed E-state index contributed by atoms with van der Waals surface area (Å²) in [5.74, 6) is -0.692. The van der Waals surface area contributed by atoms with Gasteiger partial charge in [-0.1, -0.05) is 20.8 Å². The zero-order valence-electron chi connectivity index (χ0n) is 9.51. The van der Waals surface area contributed by atoms with E-state index in [1.54, 1.807) is 0 Å². The smallest absolute Gasteiger partial charge is 0.309 e. The van der Waals surface area contributed by atoms with Gasteiger partial charge in [-0.05, 0) is 25.7 Å². The Morgan fingerprint density at radius 3 is 2.14 bits per heavy atom. The van der Waals surface area contributed by atoms with Gasteiger partial charge in [0.25, 0.3) is 0 Å². The fourth-order valence-electron chi connectivity index (χ4n) is 1.53. The summed E-state index contributed by atoms with van der Waals surface area (Å²) in [6.07, 6.45) is 2.95. The molecule has 0 unspecified atom stereocenters. The molecule has 1 N–H and O–H groups in total. The molecule has 84 valence electrons. The van der Waals surface area contributed by atoms with Gasteiger partial charge in [0, 0.05) is 13.2 Å². The minimum atomic E-state index is -0.692. The third-order valence-corrected chi connectivity index (χ3v) is 2.88. The van der Waals surface area contributed by atoms with Crippen LogP contribution in [0.4, 0.5) is 0 Å². The fourth-order valence-corrected chi connectivity index (χ4v) is 1.53. The highest BCUT2D eigenvalue weighted by molar-refractivity contribution is 5.74. The summed E-state index contributed by atoms with van der Waals surface area (Å²) in [5.41, 5.74) is -0.576. The Labute approximate surface area is 86.5 Å². The highest BCUT2D eigenvalue weighted by Crippen LogP contribution is 2.30. The number of ether oxygens (including phenoxy) is 1. The summed E-state index contributed by atoms with van der Waals surface area (Å²) in [5, 5.41) is 9.12. The molecule has 0 atom stereocenters. The Hall–Kier alpha value is -0.570. The van der Waals surface area contributed by atoms with E-state index in [1.165, 1.54) is 0 Å². The van der Waals surface area contributed by atoms with E-state index in [0.717, 1.165) is 13.0 Å². The monoisotopic (exact) mass is 202 g/mol. The first kappa shape index (κ1) is 13.4. The van der Waals surface area contributed by atoms with Gasteiger partial charge in [0.1, 0.15) is 0 Å². The molecule has 0 aromatic heterocycles. The van der Waals surface area contributed by atoms with Crippen LogP contribution in [0.25, 0.3) is 0 Å². The predicted molar refractivity (Wildman–Crippen MR) is 56.4 cm³/mol. The van der Waals surface area contributed by atoms with Crippen LogP contribution < -0.4 is 0 Å². The second-order valence-corrected chi connectivity index (χ2v) is 3.65. The first-order valence-corrected chi connectivity index (χ1v) is 5.44. The second kappa shape index (κ2) is 6.82. The van der Waals surface area contributed by atoms with Gasteiger partial charge < -0.3 is 9.84 Å². The maximum absolute atomic E-state index is 11.1. The lowest BCUT2D eigenvalue weighted by molar-refractivity contribution is -0.150. The molecule has 0 aliphatic rings. The van der Waals surface area contributed by atoms with Gasteiger partial charge in [0.2, 0.25) is 0 Å². The molecule has 0 saturated carbocycles. The van der Waals surface area contributed by atoms with Gasteiger partial charge in [-0.15, -0.1) is 0 Å². The van der Waals surface area contributed by atoms with Gasteiger partial charge in [0.05, 0.1) is 5.41 Å². The summed E-state index contributed by atoms with van der Waals surface area (Å²) in [7, 11) is 0. The maximum atomic E-state index is 11.1. The average Bonchev–Trinajstić information content (AvgIpc) is 2.18. The van der Waals surface area contributed by atoms with Crippen molar-refractivity contribution in [1.82, 2.24) is 0 Å². The summed E-state index contributed by atoms with van der Waals surface area (Å²) in [4.78, 5) is 11.1. The van der Waals surface area contributed by atoms with Gasteiger partial charge >= 0.3 is 5.97 Å². The van der Waals surface area contributed by atoms with E-state index in [0.29, 0.717) is 25.9 Å². The topological polar surface area (TPSA) is 46.5 Å². The lowest BCUT2D eigenvalue weighted by atomic mass is 9.79. The Morgan fingerprint density at radius 2 is 1.79 bits per heavy atom. The summed E-state index contributed by atoms with van der Waals surface area (Å²) in [6.45, 7) is 7.18. The van der Waals surface area contributed by atoms with Gasteiger partial charge in [0.15, 0.2) is 0 Å². The molecule has 0 fully saturated rings. The number of carboxylic acids is 1. The fraction of sp³-hybridized carbons (Fsp3) is 0.909. The molecule has 3 nitrogen and oxygen atoms in total. The van der Waals surface area contributed by atoms with Crippen LogP contribution in [0.3, 0.4) is 0 Å². The van der Waals surface area contributed by atoms with Crippen LogP contribution in [0.1, 0.15) is 46.5 Å². The van der Waals surface area contributed by atoms with Crippen molar-refractivity contribution in [2.24, 2.45) is 5.41 Å². The minimum Gasteiger partial charge on any atom is -0.481 e. The molecule has 0 amide bonds. The van der Waals surface area contributed by atoms with Gasteiger partial charge in [-0.25, -0.2) is 0 Å². The first-order valence-electron chi connectivity index (χ1n) is 5.44. The third kappa shape index (κ3) is 3.66. The van der Waals surface area contributed by atoms with Gasteiger partial charge in [-0.2, -0.15) is 0 Å². The Balaban J connectivity index is 4.02. The lowest BCUT2D eigenvalue weighted by Crippen LogP contribution is -2.31.